The SMILES string of the molecule is CC1Cc2cc(S(=O)(=O)N3CCn4c(nnc4-c4cccnc4)C3)ccc2O1. The van der Waals surface area contributed by atoms with E-state index >= 15 is 0 Å². The molecule has 0 saturated carbocycles. The number of aromatic nitrogens is 4. The highest BCUT2D eigenvalue weighted by Crippen LogP contribution is 2.32. The third-order valence-corrected chi connectivity index (χ3v) is 6.98. The van der Waals surface area contributed by atoms with Gasteiger partial charge in [-0.2, -0.15) is 4.31 Å². The van der Waals surface area contributed by atoms with Gasteiger partial charge in [0.25, 0.3) is 0 Å². The van der Waals surface area contributed by atoms with Gasteiger partial charge in [0, 0.05) is 37.5 Å². The molecule has 2 aromatic heterocycles. The first-order chi connectivity index (χ1) is 13.5. The number of fused-ring (bicyclic) bond motifs is 2. The minimum Gasteiger partial charge on any atom is -0.490 e. The van der Waals surface area contributed by atoms with Crippen molar-refractivity contribution in [3.63, 3.8) is 0 Å². The van der Waals surface area contributed by atoms with Crippen molar-refractivity contribution in [2.45, 2.75) is 37.4 Å². The fourth-order valence-electron chi connectivity index (χ4n) is 3.76. The van der Waals surface area contributed by atoms with Gasteiger partial charge in [-0.3, -0.25) is 4.98 Å². The molecule has 2 aliphatic rings. The molecule has 0 bridgehead atoms. The van der Waals surface area contributed by atoms with Crippen molar-refractivity contribution in [1.82, 2.24) is 24.1 Å². The lowest BCUT2D eigenvalue weighted by atomic mass is 10.1. The Labute approximate surface area is 162 Å². The van der Waals surface area contributed by atoms with E-state index in [2.05, 4.69) is 15.2 Å². The molecule has 2 aliphatic heterocycles. The second kappa shape index (κ2) is 6.39. The summed E-state index contributed by atoms with van der Waals surface area (Å²) in [6.45, 7) is 3.03. The Kier molecular flexibility index (Phi) is 3.95. The van der Waals surface area contributed by atoms with Crippen LogP contribution in [0.2, 0.25) is 0 Å². The number of rotatable bonds is 3. The van der Waals surface area contributed by atoms with Crippen molar-refractivity contribution in [1.29, 1.82) is 0 Å². The van der Waals surface area contributed by atoms with E-state index in [0.29, 0.717) is 29.6 Å². The Morgan fingerprint density at radius 3 is 2.89 bits per heavy atom. The molecule has 9 heteroatoms. The number of nitrogens with zero attached hydrogens (tertiary/aromatic N) is 5. The number of sulfonamides is 1. The highest BCUT2D eigenvalue weighted by atomic mass is 32.2. The van der Waals surface area contributed by atoms with Gasteiger partial charge in [0.1, 0.15) is 17.7 Å². The monoisotopic (exact) mass is 397 g/mol. The highest BCUT2D eigenvalue weighted by Gasteiger charge is 2.32. The first kappa shape index (κ1) is 17.3. The minimum atomic E-state index is -3.61. The van der Waals surface area contributed by atoms with Gasteiger partial charge in [-0.25, -0.2) is 8.42 Å². The maximum absolute atomic E-state index is 13.2. The average Bonchev–Trinajstić information content (AvgIpc) is 3.29. The van der Waals surface area contributed by atoms with Crippen LogP contribution in [0.15, 0.2) is 47.6 Å². The maximum Gasteiger partial charge on any atom is 0.243 e. The van der Waals surface area contributed by atoms with Crippen LogP contribution in [0.5, 0.6) is 5.75 Å². The standard InChI is InChI=1S/C19H19N5O3S/c1-13-9-15-10-16(4-5-17(15)27-13)28(25,26)23-7-8-24-18(12-23)21-22-19(24)14-3-2-6-20-11-14/h2-6,10-11,13H,7-9,12H2,1H3. The topological polar surface area (TPSA) is 90.2 Å². The molecule has 4 heterocycles. The summed E-state index contributed by atoms with van der Waals surface area (Å²) in [5.41, 5.74) is 1.80. The summed E-state index contributed by atoms with van der Waals surface area (Å²) in [6, 6.07) is 8.86. The molecule has 0 fully saturated rings. The highest BCUT2D eigenvalue weighted by molar-refractivity contribution is 7.89. The average molecular weight is 397 g/mol. The molecule has 0 spiro atoms. The van der Waals surface area contributed by atoms with Crippen molar-refractivity contribution in [3.05, 3.63) is 54.1 Å². The van der Waals surface area contributed by atoms with Crippen LogP contribution in [0.4, 0.5) is 0 Å². The molecule has 0 saturated heterocycles. The minimum absolute atomic E-state index is 0.0763. The van der Waals surface area contributed by atoms with Gasteiger partial charge in [0.2, 0.25) is 10.0 Å². The molecule has 1 atom stereocenters. The third kappa shape index (κ3) is 2.78. The summed E-state index contributed by atoms with van der Waals surface area (Å²) in [5.74, 6) is 2.11. The van der Waals surface area contributed by atoms with E-state index in [4.69, 9.17) is 4.74 Å². The molecule has 1 unspecified atom stereocenters. The number of hydrogen-bond donors (Lipinski definition) is 0. The van der Waals surface area contributed by atoms with Gasteiger partial charge in [-0.15, -0.1) is 10.2 Å². The Morgan fingerprint density at radius 1 is 1.18 bits per heavy atom. The molecular weight excluding hydrogens is 378 g/mol. The lowest BCUT2D eigenvalue weighted by Gasteiger charge is -2.27. The number of hydrogen-bond acceptors (Lipinski definition) is 6. The van der Waals surface area contributed by atoms with Crippen LogP contribution in [0.3, 0.4) is 0 Å². The lowest BCUT2D eigenvalue weighted by molar-refractivity contribution is 0.254. The summed E-state index contributed by atoms with van der Waals surface area (Å²) in [6.07, 6.45) is 4.23. The second-order valence-corrected chi connectivity index (χ2v) is 9.01. The molecule has 8 nitrogen and oxygen atoms in total. The molecule has 5 rings (SSSR count). The molecule has 0 radical (unpaired) electrons. The molecule has 28 heavy (non-hydrogen) atoms. The van der Waals surface area contributed by atoms with Crippen LogP contribution in [-0.4, -0.2) is 45.1 Å². The number of ether oxygens (including phenoxy) is 1. The van der Waals surface area contributed by atoms with Crippen LogP contribution in [0.1, 0.15) is 18.3 Å². The predicted octanol–water partition coefficient (Wildman–Crippen LogP) is 1.87. The Bertz CT molecular complexity index is 1140. The zero-order valence-corrected chi connectivity index (χ0v) is 16.1. The van der Waals surface area contributed by atoms with E-state index in [0.717, 1.165) is 23.3 Å². The van der Waals surface area contributed by atoms with Crippen LogP contribution >= 0.6 is 0 Å². The quantitative estimate of drug-likeness (QED) is 0.670. The molecule has 0 N–H and O–H groups in total. The number of benzene rings is 1. The van der Waals surface area contributed by atoms with Crippen molar-refractivity contribution in [3.8, 4) is 17.1 Å². The summed E-state index contributed by atoms with van der Waals surface area (Å²) in [4.78, 5) is 4.42. The Hall–Kier alpha value is -2.78. The van der Waals surface area contributed by atoms with Gasteiger partial charge >= 0.3 is 0 Å². The third-order valence-electron chi connectivity index (χ3n) is 5.14. The summed E-state index contributed by atoms with van der Waals surface area (Å²) < 4.78 is 35.4. The largest absolute Gasteiger partial charge is 0.490 e. The van der Waals surface area contributed by atoms with Crippen molar-refractivity contribution >= 4 is 10.0 Å². The van der Waals surface area contributed by atoms with Gasteiger partial charge in [-0.1, -0.05) is 0 Å². The van der Waals surface area contributed by atoms with Gasteiger partial charge < -0.3 is 9.30 Å². The van der Waals surface area contributed by atoms with Crippen molar-refractivity contribution < 1.29 is 13.2 Å². The van der Waals surface area contributed by atoms with E-state index in [1.165, 1.54) is 4.31 Å². The fourth-order valence-corrected chi connectivity index (χ4v) is 5.19. The molecule has 0 aliphatic carbocycles. The van der Waals surface area contributed by atoms with E-state index in [-0.39, 0.29) is 12.6 Å². The lowest BCUT2D eigenvalue weighted by Crippen LogP contribution is -2.38. The second-order valence-electron chi connectivity index (χ2n) is 7.07. The van der Waals surface area contributed by atoms with Crippen LogP contribution < -0.4 is 4.74 Å². The van der Waals surface area contributed by atoms with Crippen LogP contribution in [0.25, 0.3) is 11.4 Å². The summed E-state index contributed by atoms with van der Waals surface area (Å²) >= 11 is 0. The van der Waals surface area contributed by atoms with Gasteiger partial charge in [0.05, 0.1) is 11.4 Å². The fraction of sp³-hybridized carbons (Fsp3) is 0.316. The van der Waals surface area contributed by atoms with Crippen molar-refractivity contribution in [2.24, 2.45) is 0 Å². The van der Waals surface area contributed by atoms with Crippen molar-refractivity contribution in [2.75, 3.05) is 6.54 Å². The first-order valence-corrected chi connectivity index (χ1v) is 10.6. The van der Waals surface area contributed by atoms with E-state index in [1.54, 1.807) is 30.6 Å². The van der Waals surface area contributed by atoms with Crippen LogP contribution in [0, 0.1) is 0 Å². The molecule has 3 aromatic rings. The normalized spacial score (nSPS) is 19.1. The smallest absolute Gasteiger partial charge is 0.243 e. The Balaban J connectivity index is 1.43. The maximum atomic E-state index is 13.2. The number of pyridine rings is 1. The first-order valence-electron chi connectivity index (χ1n) is 9.14. The van der Waals surface area contributed by atoms with E-state index in [1.807, 2.05) is 23.6 Å². The molecule has 0 amide bonds. The molecular formula is C19H19N5O3S. The van der Waals surface area contributed by atoms with Gasteiger partial charge in [0.15, 0.2) is 5.82 Å². The Morgan fingerprint density at radius 2 is 2.07 bits per heavy atom. The van der Waals surface area contributed by atoms with Gasteiger partial charge in [-0.05, 0) is 42.8 Å². The molecule has 1 aromatic carbocycles. The van der Waals surface area contributed by atoms with E-state index in [9.17, 15) is 8.42 Å². The van der Waals surface area contributed by atoms with Crippen LogP contribution in [-0.2, 0) is 29.5 Å². The zero-order chi connectivity index (χ0) is 19.3. The zero-order valence-electron chi connectivity index (χ0n) is 15.3. The summed E-state index contributed by atoms with van der Waals surface area (Å²) in [5, 5.41) is 8.47. The predicted molar refractivity (Wildman–Crippen MR) is 101 cm³/mol. The molecule has 144 valence electrons. The van der Waals surface area contributed by atoms with E-state index < -0.39 is 10.0 Å². The summed E-state index contributed by atoms with van der Waals surface area (Å²) in [7, 11) is -3.61.